The maximum Gasteiger partial charge on any atom is 0.196 e. The minimum Gasteiger partial charge on any atom is -0.480 e. The summed E-state index contributed by atoms with van der Waals surface area (Å²) < 4.78 is 6.27. The minimum absolute atomic E-state index is 0.0175. The summed E-state index contributed by atoms with van der Waals surface area (Å²) in [6, 6.07) is 31.8. The quantitative estimate of drug-likeness (QED) is 0.395. The number of hydrogen-bond acceptors (Lipinski definition) is 2. The molecule has 1 aliphatic heterocycles. The normalized spacial score (nSPS) is 17.4. The molecule has 0 bridgehead atoms. The second-order valence-electron chi connectivity index (χ2n) is 6.94. The molecule has 134 valence electrons. The Labute approximate surface area is 163 Å². The molecule has 2 heteroatoms. The van der Waals surface area contributed by atoms with Gasteiger partial charge in [0, 0.05) is 5.57 Å². The first-order valence-electron chi connectivity index (χ1n) is 9.35. The molecule has 0 amide bonds. The van der Waals surface area contributed by atoms with Crippen molar-refractivity contribution in [2.75, 3.05) is 0 Å². The number of para-hydroxylation sites is 1. The summed E-state index contributed by atoms with van der Waals surface area (Å²) in [5.74, 6) is 0.654. The second-order valence-corrected chi connectivity index (χ2v) is 6.94. The van der Waals surface area contributed by atoms with Crippen LogP contribution < -0.4 is 4.74 Å². The van der Waals surface area contributed by atoms with Gasteiger partial charge in [0.15, 0.2) is 11.9 Å². The van der Waals surface area contributed by atoms with Gasteiger partial charge in [0.1, 0.15) is 5.75 Å². The number of ketones is 1. The number of rotatable bonds is 2. The van der Waals surface area contributed by atoms with E-state index in [1.165, 1.54) is 5.39 Å². The van der Waals surface area contributed by atoms with Crippen molar-refractivity contribution in [1.82, 2.24) is 0 Å². The van der Waals surface area contributed by atoms with E-state index in [0.29, 0.717) is 16.9 Å². The Morgan fingerprint density at radius 3 is 2.29 bits per heavy atom. The molecular formula is C26H18O2. The van der Waals surface area contributed by atoms with Crippen LogP contribution >= 0.6 is 0 Å². The van der Waals surface area contributed by atoms with E-state index >= 15 is 0 Å². The van der Waals surface area contributed by atoms with Gasteiger partial charge in [-0.25, -0.2) is 0 Å². The predicted octanol–water partition coefficient (Wildman–Crippen LogP) is 6.24. The van der Waals surface area contributed by atoms with Crippen LogP contribution in [0.2, 0.25) is 0 Å². The molecule has 1 unspecified atom stereocenters. The predicted molar refractivity (Wildman–Crippen MR) is 113 cm³/mol. The van der Waals surface area contributed by atoms with Crippen molar-refractivity contribution in [3.63, 3.8) is 0 Å². The number of hydrogen-bond donors (Lipinski definition) is 0. The van der Waals surface area contributed by atoms with E-state index in [4.69, 9.17) is 4.74 Å². The number of carbonyl (C=O) groups excluding carboxylic acids is 1. The third kappa shape index (κ3) is 2.89. The summed E-state index contributed by atoms with van der Waals surface area (Å²) in [6.07, 6.45) is 1.54. The lowest BCUT2D eigenvalue weighted by atomic mass is 9.89. The van der Waals surface area contributed by atoms with Gasteiger partial charge in [0.25, 0.3) is 0 Å². The Morgan fingerprint density at radius 2 is 1.43 bits per heavy atom. The molecule has 0 radical (unpaired) electrons. The molecule has 1 heterocycles. The highest BCUT2D eigenvalue weighted by Gasteiger charge is 2.32. The lowest BCUT2D eigenvalue weighted by Crippen LogP contribution is -2.23. The van der Waals surface area contributed by atoms with Crippen LogP contribution in [0.3, 0.4) is 0 Å². The van der Waals surface area contributed by atoms with Gasteiger partial charge in [0.05, 0.1) is 5.56 Å². The first-order chi connectivity index (χ1) is 13.8. The average molecular weight is 362 g/mol. The van der Waals surface area contributed by atoms with Crippen molar-refractivity contribution in [2.24, 2.45) is 0 Å². The number of fused-ring (bicyclic) bond motifs is 2. The SMILES string of the molecule is O=C1/C(=C/c2ccc3ccccc3c2)C(c2ccccc2)Oc2ccccc21. The van der Waals surface area contributed by atoms with E-state index in [1.54, 1.807) is 0 Å². The fourth-order valence-electron chi connectivity index (χ4n) is 3.72. The molecule has 1 aliphatic rings. The van der Waals surface area contributed by atoms with Crippen molar-refractivity contribution in [2.45, 2.75) is 6.10 Å². The molecule has 1 atom stereocenters. The van der Waals surface area contributed by atoms with Crippen LogP contribution in [-0.2, 0) is 0 Å². The fraction of sp³-hybridized carbons (Fsp3) is 0.0385. The Kier molecular flexibility index (Phi) is 4.02. The zero-order valence-electron chi connectivity index (χ0n) is 15.2. The topological polar surface area (TPSA) is 26.3 Å². The molecule has 2 nitrogen and oxygen atoms in total. The lowest BCUT2D eigenvalue weighted by Gasteiger charge is -2.28. The Balaban J connectivity index is 1.66. The van der Waals surface area contributed by atoms with Crippen LogP contribution in [0.4, 0.5) is 0 Å². The Morgan fingerprint density at radius 1 is 0.714 bits per heavy atom. The summed E-state index contributed by atoms with van der Waals surface area (Å²) in [5, 5.41) is 2.33. The standard InChI is InChI=1S/C26H18O2/c27-25-22-12-6-7-13-24(22)28-26(20-9-2-1-3-10-20)23(25)17-18-14-15-19-8-4-5-11-21(19)16-18/h1-17,26H/b23-17-. The van der Waals surface area contributed by atoms with Crippen molar-refractivity contribution in [3.8, 4) is 5.75 Å². The lowest BCUT2D eigenvalue weighted by molar-refractivity contribution is 0.0963. The molecule has 4 aromatic carbocycles. The minimum atomic E-state index is -0.421. The maximum absolute atomic E-state index is 13.3. The van der Waals surface area contributed by atoms with Crippen molar-refractivity contribution >= 4 is 22.6 Å². The van der Waals surface area contributed by atoms with Crippen molar-refractivity contribution in [1.29, 1.82) is 0 Å². The number of ether oxygens (including phenoxy) is 1. The van der Waals surface area contributed by atoms with E-state index in [2.05, 4.69) is 24.3 Å². The highest BCUT2D eigenvalue weighted by Crippen LogP contribution is 2.39. The highest BCUT2D eigenvalue weighted by molar-refractivity contribution is 6.14. The van der Waals surface area contributed by atoms with Crippen molar-refractivity contribution in [3.05, 3.63) is 119 Å². The van der Waals surface area contributed by atoms with Gasteiger partial charge in [-0.15, -0.1) is 0 Å². The van der Waals surface area contributed by atoms with Crippen LogP contribution in [0.15, 0.2) is 103 Å². The first-order valence-corrected chi connectivity index (χ1v) is 9.35. The molecule has 0 saturated heterocycles. The van der Waals surface area contributed by atoms with E-state index < -0.39 is 6.10 Å². The number of Topliss-reactive ketones (excluding diaryl/α,β-unsaturated/α-hetero) is 1. The highest BCUT2D eigenvalue weighted by atomic mass is 16.5. The first kappa shape index (κ1) is 16.5. The zero-order valence-corrected chi connectivity index (χ0v) is 15.2. The van der Waals surface area contributed by atoms with Gasteiger partial charge in [-0.3, -0.25) is 4.79 Å². The summed E-state index contributed by atoms with van der Waals surface area (Å²) in [6.45, 7) is 0. The molecule has 0 fully saturated rings. The molecule has 0 aromatic heterocycles. The molecular weight excluding hydrogens is 344 g/mol. The molecule has 0 saturated carbocycles. The van der Waals surface area contributed by atoms with Crippen LogP contribution in [0.5, 0.6) is 5.75 Å². The summed E-state index contributed by atoms with van der Waals surface area (Å²) in [4.78, 5) is 13.3. The van der Waals surface area contributed by atoms with Crippen LogP contribution in [0.25, 0.3) is 16.8 Å². The van der Waals surface area contributed by atoms with Gasteiger partial charge in [-0.2, -0.15) is 0 Å². The largest absolute Gasteiger partial charge is 0.480 e. The number of carbonyl (C=O) groups is 1. The Bertz CT molecular complexity index is 1210. The van der Waals surface area contributed by atoms with Gasteiger partial charge in [-0.05, 0) is 46.2 Å². The Hall–Kier alpha value is -3.65. The van der Waals surface area contributed by atoms with E-state index in [0.717, 1.165) is 16.5 Å². The van der Waals surface area contributed by atoms with Crippen LogP contribution in [0.1, 0.15) is 27.6 Å². The second kappa shape index (κ2) is 6.82. The van der Waals surface area contributed by atoms with E-state index in [-0.39, 0.29) is 5.78 Å². The summed E-state index contributed by atoms with van der Waals surface area (Å²) in [5.41, 5.74) is 3.23. The molecule has 4 aromatic rings. The van der Waals surface area contributed by atoms with Gasteiger partial charge in [0.2, 0.25) is 0 Å². The monoisotopic (exact) mass is 362 g/mol. The average Bonchev–Trinajstić information content (AvgIpc) is 2.76. The third-order valence-electron chi connectivity index (χ3n) is 5.12. The summed E-state index contributed by atoms with van der Waals surface area (Å²) in [7, 11) is 0. The van der Waals surface area contributed by atoms with Crippen molar-refractivity contribution < 1.29 is 9.53 Å². The van der Waals surface area contributed by atoms with Gasteiger partial charge in [-0.1, -0.05) is 78.9 Å². The van der Waals surface area contributed by atoms with Crippen LogP contribution in [0, 0.1) is 0 Å². The number of benzene rings is 4. The van der Waals surface area contributed by atoms with E-state index in [9.17, 15) is 4.79 Å². The maximum atomic E-state index is 13.3. The smallest absolute Gasteiger partial charge is 0.196 e. The molecule has 0 N–H and O–H groups in total. The molecule has 5 rings (SSSR count). The fourth-order valence-corrected chi connectivity index (χ4v) is 3.72. The van der Waals surface area contributed by atoms with Crippen LogP contribution in [-0.4, -0.2) is 5.78 Å². The van der Waals surface area contributed by atoms with E-state index in [1.807, 2.05) is 78.9 Å². The molecule has 0 aliphatic carbocycles. The molecule has 0 spiro atoms. The molecule has 28 heavy (non-hydrogen) atoms. The summed E-state index contributed by atoms with van der Waals surface area (Å²) >= 11 is 0. The van der Waals surface area contributed by atoms with Gasteiger partial charge >= 0.3 is 0 Å². The third-order valence-corrected chi connectivity index (χ3v) is 5.12. The zero-order chi connectivity index (χ0) is 18.9. The van der Waals surface area contributed by atoms with Gasteiger partial charge < -0.3 is 4.74 Å².